The van der Waals surface area contributed by atoms with Gasteiger partial charge in [-0.2, -0.15) is 0 Å². The Balaban J connectivity index is 2.31. The van der Waals surface area contributed by atoms with Gasteiger partial charge < -0.3 is 5.32 Å². The molecule has 1 N–H and O–H groups in total. The minimum Gasteiger partial charge on any atom is -0.376 e. The van der Waals surface area contributed by atoms with Crippen molar-refractivity contribution in [3.05, 3.63) is 59.2 Å². The van der Waals surface area contributed by atoms with Gasteiger partial charge in [-0.1, -0.05) is 0 Å². The van der Waals surface area contributed by atoms with E-state index in [2.05, 4.69) is 10.3 Å². The minimum absolute atomic E-state index is 0.0964. The van der Waals surface area contributed by atoms with Crippen molar-refractivity contribution in [1.82, 2.24) is 4.98 Å². The standard InChI is InChI=1S/C12H7F5N2/c13-7-8(14)10(16)12(11(17)9(7)15)19-5-6-1-3-18-4-2-6/h1-4,19H,5H2. The summed E-state index contributed by atoms with van der Waals surface area (Å²) in [5.74, 6) is -9.90. The lowest BCUT2D eigenvalue weighted by atomic mass is 10.2. The van der Waals surface area contributed by atoms with Crippen LogP contribution in [0.2, 0.25) is 0 Å². The van der Waals surface area contributed by atoms with Crippen LogP contribution in [0.25, 0.3) is 0 Å². The smallest absolute Gasteiger partial charge is 0.200 e. The maximum absolute atomic E-state index is 13.3. The highest BCUT2D eigenvalue weighted by molar-refractivity contribution is 5.48. The largest absolute Gasteiger partial charge is 0.376 e. The molecular weight excluding hydrogens is 267 g/mol. The molecule has 19 heavy (non-hydrogen) atoms. The van der Waals surface area contributed by atoms with E-state index in [4.69, 9.17) is 0 Å². The van der Waals surface area contributed by atoms with E-state index in [0.717, 1.165) is 0 Å². The van der Waals surface area contributed by atoms with Crippen LogP contribution < -0.4 is 5.32 Å². The maximum atomic E-state index is 13.3. The molecule has 0 saturated heterocycles. The average molecular weight is 274 g/mol. The number of anilines is 1. The van der Waals surface area contributed by atoms with Gasteiger partial charge in [0.25, 0.3) is 0 Å². The quantitative estimate of drug-likeness (QED) is 0.527. The highest BCUT2D eigenvalue weighted by Gasteiger charge is 2.25. The van der Waals surface area contributed by atoms with Crippen LogP contribution in [0, 0.1) is 29.1 Å². The first-order valence-corrected chi connectivity index (χ1v) is 5.16. The van der Waals surface area contributed by atoms with Gasteiger partial charge in [0.15, 0.2) is 23.3 Å². The number of halogens is 5. The van der Waals surface area contributed by atoms with E-state index in [-0.39, 0.29) is 6.54 Å². The highest BCUT2D eigenvalue weighted by Crippen LogP contribution is 2.27. The summed E-state index contributed by atoms with van der Waals surface area (Å²) in [6.07, 6.45) is 2.88. The summed E-state index contributed by atoms with van der Waals surface area (Å²) in [7, 11) is 0. The third-order valence-electron chi connectivity index (χ3n) is 2.43. The molecule has 100 valence electrons. The van der Waals surface area contributed by atoms with Gasteiger partial charge in [-0.3, -0.25) is 4.98 Å². The first-order valence-electron chi connectivity index (χ1n) is 5.16. The Hall–Kier alpha value is -2.18. The Kier molecular flexibility index (Phi) is 3.64. The molecule has 0 aliphatic carbocycles. The predicted octanol–water partition coefficient (Wildman–Crippen LogP) is 3.39. The van der Waals surface area contributed by atoms with E-state index in [1.807, 2.05) is 0 Å². The Morgan fingerprint density at radius 2 is 1.26 bits per heavy atom. The van der Waals surface area contributed by atoms with Gasteiger partial charge in [-0.25, -0.2) is 22.0 Å². The molecule has 0 aliphatic heterocycles. The lowest BCUT2D eigenvalue weighted by molar-refractivity contribution is 0.381. The van der Waals surface area contributed by atoms with E-state index >= 15 is 0 Å². The van der Waals surface area contributed by atoms with Gasteiger partial charge in [0, 0.05) is 18.9 Å². The number of pyridine rings is 1. The number of hydrogen-bond donors (Lipinski definition) is 1. The molecule has 1 aromatic carbocycles. The molecule has 1 aromatic heterocycles. The number of hydrogen-bond acceptors (Lipinski definition) is 2. The topological polar surface area (TPSA) is 24.9 Å². The molecule has 2 nitrogen and oxygen atoms in total. The zero-order valence-electron chi connectivity index (χ0n) is 9.35. The monoisotopic (exact) mass is 274 g/mol. The van der Waals surface area contributed by atoms with Gasteiger partial charge in [0.1, 0.15) is 5.69 Å². The van der Waals surface area contributed by atoms with E-state index in [1.54, 1.807) is 12.1 Å². The highest BCUT2D eigenvalue weighted by atomic mass is 19.2. The van der Waals surface area contributed by atoms with Crippen LogP contribution in [0.4, 0.5) is 27.6 Å². The van der Waals surface area contributed by atoms with Crippen LogP contribution in [-0.2, 0) is 6.54 Å². The molecule has 0 fully saturated rings. The van der Waals surface area contributed by atoms with Crippen molar-refractivity contribution >= 4 is 5.69 Å². The second-order valence-corrected chi connectivity index (χ2v) is 3.65. The molecule has 7 heteroatoms. The maximum Gasteiger partial charge on any atom is 0.200 e. The van der Waals surface area contributed by atoms with E-state index in [9.17, 15) is 22.0 Å². The number of rotatable bonds is 3. The predicted molar refractivity (Wildman–Crippen MR) is 57.8 cm³/mol. The Morgan fingerprint density at radius 3 is 1.79 bits per heavy atom. The fourth-order valence-electron chi connectivity index (χ4n) is 1.45. The summed E-state index contributed by atoms with van der Waals surface area (Å²) in [6, 6.07) is 3.08. The lowest BCUT2D eigenvalue weighted by Crippen LogP contribution is -2.09. The molecule has 0 aliphatic rings. The van der Waals surface area contributed by atoms with Crippen molar-refractivity contribution in [3.63, 3.8) is 0 Å². The van der Waals surface area contributed by atoms with E-state index in [1.165, 1.54) is 12.4 Å². The summed E-state index contributed by atoms with van der Waals surface area (Å²) >= 11 is 0. The first-order chi connectivity index (χ1) is 9.02. The van der Waals surface area contributed by atoms with Crippen molar-refractivity contribution < 1.29 is 22.0 Å². The normalized spacial score (nSPS) is 10.6. The zero-order valence-corrected chi connectivity index (χ0v) is 9.35. The fraction of sp³-hybridized carbons (Fsp3) is 0.0833. The van der Waals surface area contributed by atoms with Crippen LogP contribution in [0.3, 0.4) is 0 Å². The Bertz CT molecular complexity index is 572. The van der Waals surface area contributed by atoms with Crippen molar-refractivity contribution in [3.8, 4) is 0 Å². The molecule has 2 rings (SSSR count). The Labute approximate surface area is 104 Å². The van der Waals surface area contributed by atoms with Crippen LogP contribution >= 0.6 is 0 Å². The number of nitrogens with zero attached hydrogens (tertiary/aromatic N) is 1. The van der Waals surface area contributed by atoms with Crippen LogP contribution in [-0.4, -0.2) is 4.98 Å². The SMILES string of the molecule is Fc1c(F)c(F)c(NCc2ccncc2)c(F)c1F. The molecule has 0 spiro atoms. The van der Waals surface area contributed by atoms with Crippen molar-refractivity contribution in [2.45, 2.75) is 6.54 Å². The Morgan fingerprint density at radius 1 is 0.789 bits per heavy atom. The average Bonchev–Trinajstić information content (AvgIpc) is 2.44. The zero-order chi connectivity index (χ0) is 14.0. The van der Waals surface area contributed by atoms with Gasteiger partial charge >= 0.3 is 0 Å². The van der Waals surface area contributed by atoms with E-state index in [0.29, 0.717) is 5.56 Å². The molecule has 0 saturated carbocycles. The number of aromatic nitrogens is 1. The third kappa shape index (κ3) is 2.49. The summed E-state index contributed by atoms with van der Waals surface area (Å²) in [6.45, 7) is -0.0964. The van der Waals surface area contributed by atoms with E-state index < -0.39 is 34.8 Å². The van der Waals surface area contributed by atoms with Gasteiger partial charge in [0.2, 0.25) is 5.82 Å². The second-order valence-electron chi connectivity index (χ2n) is 3.65. The summed E-state index contributed by atoms with van der Waals surface area (Å²) in [5.41, 5.74) is -0.466. The van der Waals surface area contributed by atoms with Crippen molar-refractivity contribution in [2.24, 2.45) is 0 Å². The summed E-state index contributed by atoms with van der Waals surface area (Å²) in [4.78, 5) is 3.73. The molecule has 0 bridgehead atoms. The minimum atomic E-state index is -2.18. The fourth-order valence-corrected chi connectivity index (χ4v) is 1.45. The molecule has 0 unspecified atom stereocenters. The first kappa shape index (κ1) is 13.3. The third-order valence-corrected chi connectivity index (χ3v) is 2.43. The molecule has 2 aromatic rings. The number of benzene rings is 1. The molecular formula is C12H7F5N2. The van der Waals surface area contributed by atoms with Crippen molar-refractivity contribution in [2.75, 3.05) is 5.32 Å². The number of nitrogens with one attached hydrogen (secondary N) is 1. The van der Waals surface area contributed by atoms with Gasteiger partial charge in [-0.05, 0) is 17.7 Å². The molecule has 0 atom stereocenters. The summed E-state index contributed by atoms with van der Waals surface area (Å²) < 4.78 is 65.3. The van der Waals surface area contributed by atoms with Gasteiger partial charge in [0.05, 0.1) is 0 Å². The second kappa shape index (κ2) is 5.21. The van der Waals surface area contributed by atoms with Crippen LogP contribution in [0.5, 0.6) is 0 Å². The molecule has 0 amide bonds. The van der Waals surface area contributed by atoms with Crippen LogP contribution in [0.1, 0.15) is 5.56 Å². The summed E-state index contributed by atoms with van der Waals surface area (Å²) in [5, 5.41) is 2.18. The molecule has 1 heterocycles. The lowest BCUT2D eigenvalue weighted by Gasteiger charge is -2.10. The molecule has 0 radical (unpaired) electrons. The van der Waals surface area contributed by atoms with Gasteiger partial charge in [-0.15, -0.1) is 0 Å². The van der Waals surface area contributed by atoms with Crippen LogP contribution in [0.15, 0.2) is 24.5 Å². The van der Waals surface area contributed by atoms with Crippen molar-refractivity contribution in [1.29, 1.82) is 0 Å².